The molecule has 0 bridgehead atoms. The summed E-state index contributed by atoms with van der Waals surface area (Å²) in [5, 5.41) is 71.0. The second kappa shape index (κ2) is 57.8. The quantitative estimate of drug-likeness (QED) is 0.00745. The number of phenolic OH excluding ortho intramolecular Hbond substituents is 1. The maximum atomic E-state index is 15.4. The number of aliphatic hydroxyl groups is 1. The van der Waals surface area contributed by atoms with E-state index >= 15 is 9.59 Å². The molecule has 136 heavy (non-hydrogen) atoms. The van der Waals surface area contributed by atoms with E-state index in [4.69, 9.17) is 44.5 Å². The minimum absolute atomic E-state index is 0.00476. The topological polar surface area (TPSA) is 778 Å². The molecule has 14 atom stereocenters. The Kier molecular flexibility index (Phi) is 48.0. The molecule has 2 heterocycles. The molecule has 0 radical (unpaired) electrons. The largest absolute Gasteiger partial charge is 0.508 e. The summed E-state index contributed by atoms with van der Waals surface area (Å²) >= 11 is 8.49. The molecule has 0 aliphatic heterocycles. The second-order valence-electron chi connectivity index (χ2n) is 33.3. The molecule has 3 aromatic carbocycles. The molecule has 2 aromatic heterocycles. The zero-order chi connectivity index (χ0) is 101. The number of primary amides is 4. The lowest BCUT2D eigenvalue weighted by molar-refractivity contribution is -0.137. The normalized spacial score (nSPS) is 14.3. The van der Waals surface area contributed by atoms with Crippen molar-refractivity contribution in [1.82, 2.24) is 95.0 Å². The first-order valence-electron chi connectivity index (χ1n) is 44.1. The van der Waals surface area contributed by atoms with E-state index in [2.05, 4.69) is 120 Å². The van der Waals surface area contributed by atoms with E-state index in [1.54, 1.807) is 82.4 Å². The third kappa shape index (κ3) is 39.9. The predicted octanol–water partition coefficient (Wildman–Crippen LogP) is -6.43. The molecule has 33 N–H and O–H groups in total. The number of guanidine groups is 1. The number of fused-ring (bicyclic) bond motifs is 2. The van der Waals surface area contributed by atoms with Crippen LogP contribution in [-0.4, -0.2) is 274 Å². The molecule has 0 spiro atoms. The summed E-state index contributed by atoms with van der Waals surface area (Å²) in [6, 6.07) is -0.815. The van der Waals surface area contributed by atoms with Gasteiger partial charge < -0.3 is 144 Å². The molecule has 5 aromatic rings. The molecular weight excluding hydrogens is 1810 g/mol. The van der Waals surface area contributed by atoms with Crippen LogP contribution in [0.2, 0.25) is 0 Å². The number of H-pyrrole nitrogens is 2. The Morgan fingerprint density at radius 2 is 0.890 bits per heavy atom. The van der Waals surface area contributed by atoms with Gasteiger partial charge in [0.1, 0.15) is 84.9 Å². The molecule has 5 rings (SSSR count). The van der Waals surface area contributed by atoms with Crippen LogP contribution in [0.5, 0.6) is 5.75 Å². The Bertz CT molecular complexity index is 4980. The first-order valence-corrected chi connectivity index (χ1v) is 45.4. The standard InChI is InChI=1S/C87H129N25O22S2/c1-44(2)32-51(36-70(119)111-73(45(3)4)85(132)109-64(37-69(91)118)76(123)99-40-71(120)95-30-31-134-41-72(121)102-57(75(92)122)18-11-12-28-88)101-77(124)58(19-13-29-96-87(93)94)103-81(128)62(34-49-38-97-55-16-9-7-14-53(49)55)107-80(127)61(33-48-20-22-52(115)23-21-48)106-84(131)66(43-136)110-78(125)59(24-26-67(89)116)104-82(129)63(35-50-39-98-56-17-10-8-15-54(50)56)108-86(133)74(46(5)113)112-79(126)60(25-27-68(90)117)105-83(130)65(42-135)100-47(6)114/h7-10,14-17,20-23,38-39,44-46,51,57-66,73-74,97-98,113,115,135-136H,11-13,18-19,24-37,40-43,88H2,1-6H3,(H2,89,116)(H2,90,117)(H2,91,118)(H2,92,122)(H,95,120)(H,99,123)(H,100,114)(H,101,124)(H,102,121)(H,103,128)(H,104,129)(H,105,130)(H,106,131)(H,107,127)(H,108,133)(H,109,132)(H,110,125)(H,111,119)(H,112,126)(H4,93,94,96)/t46-,51+,57-,58+,59+,60+,61+,62+,63+,64+,65+,66+,73+,74+/m1/s1. The SMILES string of the molecule is CC(=O)N[C@@H](CS)C(=O)N[C@@H](CCC(N)=O)C(=O)N[C@H](C(=O)N[C@@H](Cc1c[nH]c2ccccc12)C(=O)N[C@@H](CCC(N)=O)C(=O)N[C@@H](CS)C(=O)N[C@@H](Cc1ccc(O)cc1)C(=O)N[C@@H](Cc1c[nH]c2ccccc12)C(=O)N[C@@H](CCCNC(=N)N)C(=O)N[C@H](CC(=O)N[C@H](C(=O)N[C@@H](CC(N)=O)C(=O)NCC(=O)NCCOCC(=O)N[C@H](CCCCN)C(N)=O)C(C)C)CC(C)C)[C@@H](C)O. The fourth-order valence-electron chi connectivity index (χ4n) is 14.2. The van der Waals surface area contributed by atoms with E-state index in [1.165, 1.54) is 30.5 Å². The van der Waals surface area contributed by atoms with Crippen molar-refractivity contribution in [2.75, 3.05) is 50.9 Å². The number of thiol groups is 2. The number of carbonyl (C=O) groups excluding carboxylic acids is 19. The third-order valence-electron chi connectivity index (χ3n) is 21.2. The second-order valence-corrected chi connectivity index (χ2v) is 34.0. The molecule has 0 fully saturated rings. The van der Waals surface area contributed by atoms with Crippen molar-refractivity contribution in [3.8, 4) is 5.75 Å². The van der Waals surface area contributed by atoms with Crippen molar-refractivity contribution >= 4 is 165 Å². The van der Waals surface area contributed by atoms with Gasteiger partial charge in [-0.1, -0.05) is 76.2 Å². The number of rotatable bonds is 62. The first kappa shape index (κ1) is 113. The van der Waals surface area contributed by atoms with Gasteiger partial charge in [-0.2, -0.15) is 25.3 Å². The van der Waals surface area contributed by atoms with Crippen LogP contribution in [0, 0.1) is 17.2 Å². The van der Waals surface area contributed by atoms with Crippen molar-refractivity contribution in [1.29, 1.82) is 5.41 Å². The Hall–Kier alpha value is -13.7. The van der Waals surface area contributed by atoms with Crippen molar-refractivity contribution in [3.63, 3.8) is 0 Å². The van der Waals surface area contributed by atoms with Gasteiger partial charge in [-0.25, -0.2) is 0 Å². The summed E-state index contributed by atoms with van der Waals surface area (Å²) in [6.45, 7) is 7.86. The molecule has 0 aliphatic rings. The van der Waals surface area contributed by atoms with Crippen LogP contribution >= 0.6 is 25.3 Å². The van der Waals surface area contributed by atoms with Gasteiger partial charge in [0.05, 0.1) is 25.7 Å². The monoisotopic (exact) mass is 1940 g/mol. The number of aromatic amines is 2. The molecular formula is C87H129N25O22S2. The summed E-state index contributed by atoms with van der Waals surface area (Å²) in [5.41, 5.74) is 35.4. The van der Waals surface area contributed by atoms with Crippen molar-refractivity contribution in [2.24, 2.45) is 46.2 Å². The zero-order valence-electron chi connectivity index (χ0n) is 76.5. The Labute approximate surface area is 795 Å². The van der Waals surface area contributed by atoms with E-state index < -0.39 is 266 Å². The number of carbonyl (C=O) groups is 19. The summed E-state index contributed by atoms with van der Waals surface area (Å²) in [6.07, 6.45) is -1.63. The number of aliphatic hydroxyl groups excluding tert-OH is 1. The lowest BCUT2D eigenvalue weighted by Gasteiger charge is -2.29. The van der Waals surface area contributed by atoms with Crippen molar-refractivity contribution < 1.29 is 106 Å². The van der Waals surface area contributed by atoms with E-state index in [9.17, 15) is 91.7 Å². The van der Waals surface area contributed by atoms with E-state index in [1.807, 2.05) is 0 Å². The molecule has 49 heteroatoms. The van der Waals surface area contributed by atoms with Gasteiger partial charge in [-0.3, -0.25) is 96.5 Å². The third-order valence-corrected chi connectivity index (χ3v) is 21.9. The highest BCUT2D eigenvalue weighted by Crippen LogP contribution is 2.23. The maximum absolute atomic E-state index is 15.4. The van der Waals surface area contributed by atoms with Crippen molar-refractivity contribution in [2.45, 2.75) is 223 Å². The highest BCUT2D eigenvalue weighted by atomic mass is 32.1. The average Bonchev–Trinajstić information content (AvgIpc) is 1.42. The number of unbranched alkanes of at least 4 members (excludes halogenated alkanes) is 1. The van der Waals surface area contributed by atoms with Crippen LogP contribution < -0.4 is 119 Å². The van der Waals surface area contributed by atoms with Gasteiger partial charge >= 0.3 is 0 Å². The number of nitrogens with two attached hydrogens (primary N) is 6. The molecule has 19 amide bonds. The van der Waals surface area contributed by atoms with E-state index in [0.717, 1.165) is 13.8 Å². The Balaban J connectivity index is 1.41. The summed E-state index contributed by atoms with van der Waals surface area (Å²) in [4.78, 5) is 266. The molecule has 0 unspecified atom stereocenters. The Morgan fingerprint density at radius 1 is 0.434 bits per heavy atom. The minimum Gasteiger partial charge on any atom is -0.508 e. The number of benzene rings is 3. The zero-order valence-corrected chi connectivity index (χ0v) is 78.3. The first-order chi connectivity index (χ1) is 64.4. The van der Waals surface area contributed by atoms with Crippen LogP contribution in [-0.2, 0) is 115 Å². The number of aromatic hydroxyl groups is 1. The fraction of sp³-hybridized carbons (Fsp3) is 0.517. The molecule has 746 valence electrons. The highest BCUT2D eigenvalue weighted by Gasteiger charge is 2.39. The smallest absolute Gasteiger partial charge is 0.246 e. The number of hydrogen-bond donors (Lipinski definition) is 29. The summed E-state index contributed by atoms with van der Waals surface area (Å²) in [5.74, 6) is -20.2. The van der Waals surface area contributed by atoms with Crippen LogP contribution in [0.3, 0.4) is 0 Å². The number of ether oxygens (including phenoxy) is 1. The van der Waals surface area contributed by atoms with Crippen LogP contribution in [0.4, 0.5) is 0 Å². The number of amides is 19. The van der Waals surface area contributed by atoms with Crippen LogP contribution in [0.1, 0.15) is 135 Å². The number of hydrogen-bond acceptors (Lipinski definition) is 26. The number of aromatic nitrogens is 2. The minimum atomic E-state index is -1.93. The number of nitrogens with one attached hydrogen (secondary N) is 19. The van der Waals surface area contributed by atoms with Gasteiger partial charge in [0.15, 0.2) is 5.96 Å². The van der Waals surface area contributed by atoms with Gasteiger partial charge in [0.2, 0.25) is 112 Å². The van der Waals surface area contributed by atoms with E-state index in [-0.39, 0.29) is 82.1 Å². The van der Waals surface area contributed by atoms with Gasteiger partial charge in [-0.15, -0.1) is 0 Å². The van der Waals surface area contributed by atoms with Gasteiger partial charge in [0.25, 0.3) is 0 Å². The van der Waals surface area contributed by atoms with E-state index in [0.29, 0.717) is 57.9 Å². The molecule has 0 aliphatic carbocycles. The van der Waals surface area contributed by atoms with Crippen molar-refractivity contribution in [3.05, 3.63) is 102 Å². The number of para-hydroxylation sites is 2. The molecule has 47 nitrogen and oxygen atoms in total. The highest BCUT2D eigenvalue weighted by molar-refractivity contribution is 7.80. The lowest BCUT2D eigenvalue weighted by atomic mass is 9.98. The summed E-state index contributed by atoms with van der Waals surface area (Å²) in [7, 11) is 0. The summed E-state index contributed by atoms with van der Waals surface area (Å²) < 4.78 is 5.28. The Morgan fingerprint density at radius 3 is 1.38 bits per heavy atom. The average molecular weight is 1940 g/mol. The maximum Gasteiger partial charge on any atom is 0.246 e. The van der Waals surface area contributed by atoms with Crippen LogP contribution in [0.15, 0.2) is 85.2 Å². The van der Waals surface area contributed by atoms with Gasteiger partial charge in [0, 0.05) is 110 Å². The van der Waals surface area contributed by atoms with Gasteiger partial charge in [-0.05, 0) is 118 Å². The number of phenols is 1. The predicted molar refractivity (Wildman–Crippen MR) is 504 cm³/mol. The van der Waals surface area contributed by atoms with Crippen LogP contribution in [0.25, 0.3) is 21.8 Å². The molecule has 0 saturated heterocycles. The molecule has 0 saturated carbocycles. The fourth-order valence-corrected chi connectivity index (χ4v) is 14.7. The lowest BCUT2D eigenvalue weighted by Crippen LogP contribution is -2.62.